The van der Waals surface area contributed by atoms with Gasteiger partial charge in [-0.1, -0.05) is 38.8 Å². The zero-order valence-electron chi connectivity index (χ0n) is 15.2. The number of oxazole rings is 1. The number of benzene rings is 1. The molecule has 1 aromatic carbocycles. The number of hydrogen-bond donors (Lipinski definition) is 3. The van der Waals surface area contributed by atoms with Gasteiger partial charge in [0.1, 0.15) is 5.52 Å². The van der Waals surface area contributed by atoms with E-state index in [0.29, 0.717) is 35.3 Å². The van der Waals surface area contributed by atoms with Crippen LogP contribution in [0.3, 0.4) is 0 Å². The maximum Gasteiger partial charge on any atom is 0.238 e. The lowest BCUT2D eigenvalue weighted by Gasteiger charge is -2.35. The predicted octanol–water partition coefficient (Wildman–Crippen LogP) is 3.08. The number of para-hydroxylation sites is 2. The zero-order valence-corrected chi connectivity index (χ0v) is 16.1. The molecule has 140 valence electrons. The van der Waals surface area contributed by atoms with Crippen molar-refractivity contribution in [2.24, 2.45) is 11.8 Å². The molecule has 3 atom stereocenters. The number of aromatic nitrogens is 1. The maximum atomic E-state index is 12.0. The van der Waals surface area contributed by atoms with Crippen molar-refractivity contribution in [2.75, 3.05) is 0 Å². The fourth-order valence-corrected chi connectivity index (χ4v) is 3.63. The number of hydrazine groups is 1. The van der Waals surface area contributed by atoms with Gasteiger partial charge in [-0.15, -0.1) is 0 Å². The van der Waals surface area contributed by atoms with E-state index >= 15 is 0 Å². The first-order chi connectivity index (χ1) is 12.5. The molecule has 1 heterocycles. The summed E-state index contributed by atoms with van der Waals surface area (Å²) in [6, 6.07) is 7.92. The minimum Gasteiger partial charge on any atom is -0.441 e. The summed E-state index contributed by atoms with van der Waals surface area (Å²) in [5.41, 5.74) is 6.98. The second kappa shape index (κ2) is 8.49. The largest absolute Gasteiger partial charge is 0.441 e. The fraction of sp³-hybridized carbons (Fsp3) is 0.526. The Bertz CT molecular complexity index is 743. The first kappa shape index (κ1) is 18.6. The van der Waals surface area contributed by atoms with Crippen LogP contribution in [0.5, 0.6) is 0 Å². The van der Waals surface area contributed by atoms with Gasteiger partial charge >= 0.3 is 0 Å². The second-order valence-electron chi connectivity index (χ2n) is 7.10. The van der Waals surface area contributed by atoms with Crippen molar-refractivity contribution in [3.05, 3.63) is 30.2 Å². The monoisotopic (exact) mass is 374 g/mol. The Morgan fingerprint density at radius 2 is 2.08 bits per heavy atom. The number of rotatable bonds is 4. The number of aryl methyl sites for hydroxylation is 1. The third kappa shape index (κ3) is 4.72. The molecule has 0 spiro atoms. The van der Waals surface area contributed by atoms with Crippen LogP contribution < -0.4 is 16.2 Å². The Labute approximate surface area is 159 Å². The molecule has 6 nitrogen and oxygen atoms in total. The van der Waals surface area contributed by atoms with E-state index in [2.05, 4.69) is 35.0 Å². The Morgan fingerprint density at radius 1 is 1.27 bits per heavy atom. The quantitative estimate of drug-likeness (QED) is 0.564. The van der Waals surface area contributed by atoms with Crippen LogP contribution in [0, 0.1) is 11.8 Å². The van der Waals surface area contributed by atoms with Gasteiger partial charge < -0.3 is 9.73 Å². The van der Waals surface area contributed by atoms with Gasteiger partial charge in [0.15, 0.2) is 16.6 Å². The molecule has 3 rings (SSSR count). The molecule has 3 N–H and O–H groups in total. The molecule has 1 aliphatic rings. The first-order valence-electron chi connectivity index (χ1n) is 9.22. The number of carbonyl (C=O) groups is 1. The van der Waals surface area contributed by atoms with Crippen molar-refractivity contribution in [2.45, 2.75) is 52.0 Å². The van der Waals surface area contributed by atoms with E-state index in [1.807, 2.05) is 24.3 Å². The van der Waals surface area contributed by atoms with Crippen molar-refractivity contribution in [1.82, 2.24) is 21.2 Å². The van der Waals surface area contributed by atoms with Gasteiger partial charge in [0, 0.05) is 18.9 Å². The molecule has 1 aliphatic carbocycles. The highest BCUT2D eigenvalue weighted by molar-refractivity contribution is 7.80. The number of hydrogen-bond acceptors (Lipinski definition) is 4. The third-order valence-electron chi connectivity index (χ3n) is 5.24. The second-order valence-corrected chi connectivity index (χ2v) is 7.50. The number of nitrogens with one attached hydrogen (secondary N) is 3. The van der Waals surface area contributed by atoms with Crippen LogP contribution in [0.25, 0.3) is 11.1 Å². The van der Waals surface area contributed by atoms with E-state index in [9.17, 15) is 4.79 Å². The number of carbonyl (C=O) groups excluding carboxylic acids is 1. The SMILES string of the molecule is C[C@@H]1[C@@H](C)CCC[C@H]1NC(=S)NNC(=O)CCc1nc2ccccc2o1. The van der Waals surface area contributed by atoms with E-state index in [4.69, 9.17) is 16.6 Å². The standard InChI is InChI=1S/C19H26N4O2S/c1-12-6-5-8-14(13(12)2)21-19(26)23-22-17(24)10-11-18-20-15-7-3-4-9-16(15)25-18/h3-4,7,9,12-14H,5-6,8,10-11H2,1-2H3,(H,22,24)(H2,21,23,26)/t12-,13+,14+/m0/s1. The van der Waals surface area contributed by atoms with Gasteiger partial charge in [0.25, 0.3) is 0 Å². The van der Waals surface area contributed by atoms with Crippen molar-refractivity contribution >= 4 is 34.3 Å². The number of nitrogens with zero attached hydrogens (tertiary/aromatic N) is 1. The lowest BCUT2D eigenvalue weighted by molar-refractivity contribution is -0.121. The summed E-state index contributed by atoms with van der Waals surface area (Å²) in [5, 5.41) is 3.78. The number of amides is 1. The average Bonchev–Trinajstić information content (AvgIpc) is 3.05. The molecule has 7 heteroatoms. The normalized spacial score (nSPS) is 22.8. The van der Waals surface area contributed by atoms with Crippen LogP contribution in [0.1, 0.15) is 45.4 Å². The summed E-state index contributed by atoms with van der Waals surface area (Å²) in [7, 11) is 0. The molecule has 0 unspecified atom stereocenters. The zero-order chi connectivity index (χ0) is 18.5. The van der Waals surface area contributed by atoms with Crippen molar-refractivity contribution < 1.29 is 9.21 Å². The lowest BCUT2D eigenvalue weighted by Crippen LogP contribution is -2.52. The van der Waals surface area contributed by atoms with E-state index in [-0.39, 0.29) is 12.3 Å². The third-order valence-corrected chi connectivity index (χ3v) is 5.46. The minimum absolute atomic E-state index is 0.151. The van der Waals surface area contributed by atoms with Crippen molar-refractivity contribution in [1.29, 1.82) is 0 Å². The highest BCUT2D eigenvalue weighted by atomic mass is 32.1. The molecule has 2 aromatic rings. The minimum atomic E-state index is -0.151. The molecule has 0 radical (unpaired) electrons. The highest BCUT2D eigenvalue weighted by Gasteiger charge is 2.27. The molecular weight excluding hydrogens is 348 g/mol. The number of thiocarbonyl (C=S) groups is 1. The smallest absolute Gasteiger partial charge is 0.238 e. The summed E-state index contributed by atoms with van der Waals surface area (Å²) >= 11 is 5.30. The summed E-state index contributed by atoms with van der Waals surface area (Å²) < 4.78 is 5.62. The summed E-state index contributed by atoms with van der Waals surface area (Å²) in [6.45, 7) is 4.53. The Balaban J connectivity index is 1.40. The molecule has 0 bridgehead atoms. The Hall–Kier alpha value is -2.15. The fourth-order valence-electron chi connectivity index (χ4n) is 3.43. The van der Waals surface area contributed by atoms with Gasteiger partial charge in [-0.25, -0.2) is 4.98 Å². The van der Waals surface area contributed by atoms with Gasteiger partial charge in [-0.3, -0.25) is 15.6 Å². The molecule has 0 aliphatic heterocycles. The van der Waals surface area contributed by atoms with Crippen molar-refractivity contribution in [3.8, 4) is 0 Å². The van der Waals surface area contributed by atoms with E-state index in [1.165, 1.54) is 12.8 Å². The topological polar surface area (TPSA) is 79.2 Å². The summed E-state index contributed by atoms with van der Waals surface area (Å²) in [6.07, 6.45) is 4.31. The van der Waals surface area contributed by atoms with Gasteiger partial charge in [0.05, 0.1) is 0 Å². The molecule has 1 amide bonds. The van der Waals surface area contributed by atoms with Crippen LogP contribution in [0.4, 0.5) is 0 Å². The van der Waals surface area contributed by atoms with E-state index in [1.54, 1.807) is 0 Å². The highest BCUT2D eigenvalue weighted by Crippen LogP contribution is 2.29. The number of fused-ring (bicyclic) bond motifs is 1. The van der Waals surface area contributed by atoms with Gasteiger partial charge in [-0.2, -0.15) is 0 Å². The van der Waals surface area contributed by atoms with Gasteiger partial charge in [-0.05, 0) is 42.6 Å². The lowest BCUT2D eigenvalue weighted by atomic mass is 9.78. The Morgan fingerprint density at radius 3 is 2.88 bits per heavy atom. The van der Waals surface area contributed by atoms with E-state index < -0.39 is 0 Å². The van der Waals surface area contributed by atoms with Crippen LogP contribution in [-0.4, -0.2) is 22.0 Å². The van der Waals surface area contributed by atoms with Crippen LogP contribution in [-0.2, 0) is 11.2 Å². The molecule has 1 aromatic heterocycles. The maximum absolute atomic E-state index is 12.0. The predicted molar refractivity (Wildman–Crippen MR) is 105 cm³/mol. The first-order valence-corrected chi connectivity index (χ1v) is 9.63. The average molecular weight is 375 g/mol. The van der Waals surface area contributed by atoms with Crippen LogP contribution in [0.2, 0.25) is 0 Å². The molecule has 1 fully saturated rings. The summed E-state index contributed by atoms with van der Waals surface area (Å²) in [5.74, 6) is 1.67. The Kier molecular flexibility index (Phi) is 6.08. The van der Waals surface area contributed by atoms with E-state index in [0.717, 1.165) is 17.5 Å². The molecule has 0 saturated heterocycles. The van der Waals surface area contributed by atoms with Gasteiger partial charge in [0.2, 0.25) is 5.91 Å². The van der Waals surface area contributed by atoms with Crippen LogP contribution >= 0.6 is 12.2 Å². The molecular formula is C19H26N4O2S. The molecule has 26 heavy (non-hydrogen) atoms. The summed E-state index contributed by atoms with van der Waals surface area (Å²) in [4.78, 5) is 16.4. The molecule has 1 saturated carbocycles. The van der Waals surface area contributed by atoms with Crippen LogP contribution in [0.15, 0.2) is 28.7 Å². The van der Waals surface area contributed by atoms with Crippen molar-refractivity contribution in [3.63, 3.8) is 0 Å².